The Morgan fingerprint density at radius 3 is 2.74 bits per heavy atom. The van der Waals surface area contributed by atoms with Crippen LogP contribution in [-0.2, 0) is 33.2 Å². The largest absolute Gasteiger partial charge is 0.491 e. The number of carbonyl (C=O) groups excluding carboxylic acids is 2. The highest BCUT2D eigenvalue weighted by Gasteiger charge is 2.43. The predicted octanol–water partition coefficient (Wildman–Crippen LogP) is 5.88. The number of anilines is 1. The zero-order chi connectivity index (χ0) is 37.9. The number of likely N-dealkylation sites (N-methyl/N-ethyl adjacent to an activating group) is 1. The Bertz CT molecular complexity index is 1940. The zero-order valence-electron chi connectivity index (χ0n) is 30.6. The van der Waals surface area contributed by atoms with Crippen LogP contribution in [0.25, 0.3) is 0 Å². The lowest BCUT2D eigenvalue weighted by Gasteiger charge is -2.41. The van der Waals surface area contributed by atoms with Crippen LogP contribution < -0.4 is 15.2 Å². The molecule has 0 saturated carbocycles. The number of hydrogen-bond acceptors (Lipinski definition) is 8. The molecule has 53 heavy (non-hydrogen) atoms. The molecule has 7 rings (SSSR count). The van der Waals surface area contributed by atoms with Crippen molar-refractivity contribution in [2.75, 3.05) is 32.5 Å². The van der Waals surface area contributed by atoms with Crippen molar-refractivity contribution in [3.63, 3.8) is 0 Å². The summed E-state index contributed by atoms with van der Waals surface area (Å²) in [6.07, 6.45) is 10.6. The summed E-state index contributed by atoms with van der Waals surface area (Å²) in [5.41, 5.74) is 8.59. The first-order valence-corrected chi connectivity index (χ1v) is 20.4. The van der Waals surface area contributed by atoms with E-state index in [0.29, 0.717) is 43.4 Å². The quantitative estimate of drug-likeness (QED) is 0.314. The number of benzene rings is 2. The van der Waals surface area contributed by atoms with Gasteiger partial charge in [-0.1, -0.05) is 30.7 Å². The maximum absolute atomic E-state index is 16.7. The van der Waals surface area contributed by atoms with E-state index in [-0.39, 0.29) is 29.6 Å². The first-order chi connectivity index (χ1) is 25.3. The summed E-state index contributed by atoms with van der Waals surface area (Å²) in [6.45, 7) is 4.79. The molecule has 286 valence electrons. The molecule has 3 aliphatic heterocycles. The van der Waals surface area contributed by atoms with Gasteiger partial charge in [-0.15, -0.1) is 0 Å². The molecule has 4 aliphatic rings. The van der Waals surface area contributed by atoms with Crippen molar-refractivity contribution < 1.29 is 27.1 Å². The van der Waals surface area contributed by atoms with Crippen molar-refractivity contribution >= 4 is 39.1 Å². The lowest BCUT2D eigenvalue weighted by molar-refractivity contribution is -0.135. The molecule has 11 nitrogen and oxygen atoms in total. The molecule has 4 heterocycles. The number of halogens is 2. The Morgan fingerprint density at radius 1 is 1.17 bits per heavy atom. The number of sulfonamides is 1. The maximum Gasteiger partial charge on any atom is 0.264 e. The summed E-state index contributed by atoms with van der Waals surface area (Å²) in [4.78, 5) is 31.0. The fourth-order valence-electron chi connectivity index (χ4n) is 8.12. The van der Waals surface area contributed by atoms with E-state index < -0.39 is 44.4 Å². The van der Waals surface area contributed by atoms with Gasteiger partial charge in [0.2, 0.25) is 15.9 Å². The molecule has 0 unspecified atom stereocenters. The second-order valence-corrected chi connectivity index (χ2v) is 17.4. The van der Waals surface area contributed by atoms with E-state index >= 15 is 4.39 Å². The standard InChI is InChI=1S/C39H50ClFN6O5S/c1-26-9-13-33(41)36(38(49)45(3)21-22-46-19-6-18-43-46)47-20-5-8-31(47)15-17-39(16-4-7-28-23-30(40)11-12-32(28)39)25-52-35-14-10-29(24-34(35)42)37(48)44-53(50,51)27(26)2/h6,10-14,18-19,23-24,26-27,31,36H,4-5,7-9,15-17,20-22,25,42H2,1-3H3,(H,44,48)/b33-13-/t26-,27+,31-,36+,39-/m0/s1. The first-order valence-electron chi connectivity index (χ1n) is 18.5. The number of hydrogen-bond donors (Lipinski definition) is 2. The van der Waals surface area contributed by atoms with Gasteiger partial charge in [0, 0.05) is 48.0 Å². The molecule has 1 aliphatic carbocycles. The zero-order valence-corrected chi connectivity index (χ0v) is 32.2. The van der Waals surface area contributed by atoms with E-state index in [1.54, 1.807) is 35.8 Å². The number of amides is 2. The van der Waals surface area contributed by atoms with Crippen molar-refractivity contribution in [3.8, 4) is 5.75 Å². The van der Waals surface area contributed by atoms with Crippen LogP contribution in [0.15, 0.2) is 66.8 Å². The number of rotatable bonds is 4. The highest BCUT2D eigenvalue weighted by molar-refractivity contribution is 7.90. The summed E-state index contributed by atoms with van der Waals surface area (Å²) >= 11 is 6.46. The monoisotopic (exact) mass is 768 g/mol. The van der Waals surface area contributed by atoms with Gasteiger partial charge < -0.3 is 15.4 Å². The lowest BCUT2D eigenvalue weighted by Crippen LogP contribution is -2.51. The molecule has 0 radical (unpaired) electrons. The van der Waals surface area contributed by atoms with Crippen molar-refractivity contribution in [3.05, 3.63) is 88.5 Å². The lowest BCUT2D eigenvalue weighted by atomic mass is 9.67. The molecule has 3 aromatic rings. The van der Waals surface area contributed by atoms with E-state index in [2.05, 4.69) is 15.9 Å². The molecule has 2 aromatic carbocycles. The fourth-order valence-corrected chi connectivity index (χ4v) is 9.60. The molecule has 2 amide bonds. The Balaban J connectivity index is 1.38. The SMILES string of the molecule is C[C@@H]1[C@@H](C)C/C=C(\F)[C@H](C(=O)N(C)CCn2cccn2)N2CCC[C@H]2CC[C@@]2(CCCc3cc(Cl)ccc32)COc2ccc(cc2N)C(=O)NS1(=O)=O. The minimum atomic E-state index is -4.16. The van der Waals surface area contributed by atoms with E-state index in [0.717, 1.165) is 49.7 Å². The van der Waals surface area contributed by atoms with Gasteiger partial charge >= 0.3 is 0 Å². The third kappa shape index (κ3) is 8.57. The van der Waals surface area contributed by atoms with Crippen LogP contribution in [-0.4, -0.2) is 83.9 Å². The number of nitrogens with two attached hydrogens (primary N) is 1. The minimum Gasteiger partial charge on any atom is -0.491 e. The van der Waals surface area contributed by atoms with Crippen molar-refractivity contribution in [2.45, 2.75) is 94.5 Å². The number of ether oxygens (including phenoxy) is 1. The van der Waals surface area contributed by atoms with Gasteiger partial charge in [0.1, 0.15) is 17.6 Å². The molecule has 14 heteroatoms. The van der Waals surface area contributed by atoms with Gasteiger partial charge in [0.15, 0.2) is 0 Å². The molecular formula is C39H50ClFN6O5S. The summed E-state index contributed by atoms with van der Waals surface area (Å²) in [5.74, 6) is -1.99. The summed E-state index contributed by atoms with van der Waals surface area (Å²) in [5, 5.41) is 3.86. The van der Waals surface area contributed by atoms with E-state index in [9.17, 15) is 18.0 Å². The minimum absolute atomic E-state index is 0.0445. The number of nitrogen functional groups attached to an aromatic ring is 1. The molecular weight excluding hydrogens is 719 g/mol. The number of nitrogens with one attached hydrogen (secondary N) is 1. The second-order valence-electron chi connectivity index (χ2n) is 15.0. The highest BCUT2D eigenvalue weighted by atomic mass is 35.5. The fraction of sp³-hybridized carbons (Fsp3) is 0.513. The maximum atomic E-state index is 16.7. The van der Waals surface area contributed by atoms with Crippen LogP contribution >= 0.6 is 11.6 Å². The van der Waals surface area contributed by atoms with Crippen molar-refractivity contribution in [1.29, 1.82) is 0 Å². The van der Waals surface area contributed by atoms with Crippen LogP contribution in [0.4, 0.5) is 10.1 Å². The smallest absolute Gasteiger partial charge is 0.264 e. The molecule has 2 bridgehead atoms. The topological polar surface area (TPSA) is 140 Å². The molecule has 3 N–H and O–H groups in total. The Morgan fingerprint density at radius 2 is 1.98 bits per heavy atom. The van der Waals surface area contributed by atoms with Crippen LogP contribution in [0.3, 0.4) is 0 Å². The van der Waals surface area contributed by atoms with Crippen LogP contribution in [0.2, 0.25) is 5.02 Å². The molecule has 1 saturated heterocycles. The van der Waals surface area contributed by atoms with Gasteiger partial charge in [-0.05, 0) is 118 Å². The third-order valence-corrected chi connectivity index (χ3v) is 13.7. The molecule has 1 aromatic heterocycles. The van der Waals surface area contributed by atoms with Crippen molar-refractivity contribution in [1.82, 2.24) is 24.3 Å². The van der Waals surface area contributed by atoms with E-state index in [1.807, 2.05) is 29.3 Å². The van der Waals surface area contributed by atoms with Gasteiger partial charge in [0.25, 0.3) is 5.91 Å². The van der Waals surface area contributed by atoms with Crippen molar-refractivity contribution in [2.24, 2.45) is 5.92 Å². The van der Waals surface area contributed by atoms with E-state index in [4.69, 9.17) is 22.1 Å². The molecule has 5 atom stereocenters. The number of fused-ring (bicyclic) bond motifs is 12. The third-order valence-electron chi connectivity index (χ3n) is 11.5. The van der Waals surface area contributed by atoms with Crippen LogP contribution in [0.5, 0.6) is 5.75 Å². The van der Waals surface area contributed by atoms with Crippen LogP contribution in [0, 0.1) is 5.92 Å². The average Bonchev–Trinajstić information content (AvgIpc) is 3.83. The van der Waals surface area contributed by atoms with Gasteiger partial charge in [-0.25, -0.2) is 17.5 Å². The predicted molar refractivity (Wildman–Crippen MR) is 204 cm³/mol. The second kappa shape index (κ2) is 16.2. The summed E-state index contributed by atoms with van der Waals surface area (Å²) in [6, 6.07) is 11.1. The first kappa shape index (κ1) is 38.8. The highest BCUT2D eigenvalue weighted by Crippen LogP contribution is 2.44. The Hall–Kier alpha value is -3.94. The molecule has 1 fully saturated rings. The summed E-state index contributed by atoms with van der Waals surface area (Å²) in [7, 11) is -2.49. The summed E-state index contributed by atoms with van der Waals surface area (Å²) < 4.78 is 53.8. The Kier molecular flexibility index (Phi) is 11.9. The van der Waals surface area contributed by atoms with Crippen LogP contribution in [0.1, 0.15) is 80.3 Å². The van der Waals surface area contributed by atoms with Gasteiger partial charge in [-0.2, -0.15) is 5.10 Å². The number of aryl methyl sites for hydroxylation is 1. The van der Waals surface area contributed by atoms with E-state index in [1.165, 1.54) is 25.1 Å². The average molecular weight is 769 g/mol. The number of carbonyl (C=O) groups is 2. The normalized spacial score (nSPS) is 27.9. The number of aromatic nitrogens is 2. The molecule has 1 spiro atoms. The van der Waals surface area contributed by atoms with Gasteiger partial charge in [0.05, 0.1) is 24.1 Å². The number of allylic oxidation sites excluding steroid dienone is 1. The Labute approximate surface area is 316 Å². The van der Waals surface area contributed by atoms with Gasteiger partial charge in [-0.3, -0.25) is 19.2 Å². The number of nitrogens with zero attached hydrogens (tertiary/aromatic N) is 4.